The lowest BCUT2D eigenvalue weighted by atomic mass is 9.75. The molecule has 1 N–H and O–H groups in total. The predicted octanol–water partition coefficient (Wildman–Crippen LogP) is 0.682. The minimum atomic E-state index is 0.218. The number of hydrogen-bond donors (Lipinski definition) is 1. The van der Waals surface area contributed by atoms with E-state index in [0.29, 0.717) is 0 Å². The summed E-state index contributed by atoms with van der Waals surface area (Å²) >= 11 is 0. The molecule has 0 unspecified atom stereocenters. The smallest absolute Gasteiger partial charge is 0.165 e. The minimum Gasteiger partial charge on any atom is -0.313 e. The lowest BCUT2D eigenvalue weighted by Crippen LogP contribution is -2.42. The van der Waals surface area contributed by atoms with Crippen molar-refractivity contribution in [2.75, 3.05) is 7.05 Å². The Hall–Kier alpha value is -0.970. The number of aromatic nitrogens is 4. The van der Waals surface area contributed by atoms with Gasteiger partial charge in [0, 0.05) is 0 Å². The minimum absolute atomic E-state index is 0.218. The fourth-order valence-electron chi connectivity index (χ4n) is 2.14. The third-order valence-electron chi connectivity index (χ3n) is 3.26. The topological polar surface area (TPSA) is 55.6 Å². The zero-order valence-electron chi connectivity index (χ0n) is 8.82. The first-order valence-electron chi connectivity index (χ1n) is 5.25. The van der Waals surface area contributed by atoms with Crippen LogP contribution in [0.5, 0.6) is 0 Å². The summed E-state index contributed by atoms with van der Waals surface area (Å²) in [6, 6.07) is 0. The summed E-state index contributed by atoms with van der Waals surface area (Å²) in [5.41, 5.74) is 0.218. The molecule has 0 amide bonds. The van der Waals surface area contributed by atoms with Crippen molar-refractivity contribution in [1.82, 2.24) is 25.5 Å². The predicted molar refractivity (Wildman–Crippen MR) is 52.7 cm³/mol. The van der Waals surface area contributed by atoms with Gasteiger partial charge in [-0.3, -0.25) is 0 Å². The summed E-state index contributed by atoms with van der Waals surface area (Å²) in [5, 5.41) is 15.0. The molecule has 1 aliphatic rings. The molecule has 14 heavy (non-hydrogen) atoms. The second-order valence-electron chi connectivity index (χ2n) is 3.97. The average molecular weight is 195 g/mol. The quantitative estimate of drug-likeness (QED) is 0.767. The summed E-state index contributed by atoms with van der Waals surface area (Å²) in [5.74, 6) is 0.953. The van der Waals surface area contributed by atoms with Gasteiger partial charge in [-0.1, -0.05) is 6.92 Å². The first kappa shape index (κ1) is 9.58. The highest BCUT2D eigenvalue weighted by Crippen LogP contribution is 2.41. The van der Waals surface area contributed by atoms with E-state index >= 15 is 0 Å². The van der Waals surface area contributed by atoms with Gasteiger partial charge in [-0.05, 0) is 43.2 Å². The molecule has 0 radical (unpaired) electrons. The van der Waals surface area contributed by atoms with Gasteiger partial charge in [0.1, 0.15) is 0 Å². The summed E-state index contributed by atoms with van der Waals surface area (Å²) in [7, 11) is 1.92. The molecule has 2 rings (SSSR count). The van der Waals surface area contributed by atoms with Crippen LogP contribution < -0.4 is 5.32 Å². The normalized spacial score (nSPS) is 19.3. The van der Waals surface area contributed by atoms with Gasteiger partial charge in [0.15, 0.2) is 5.82 Å². The number of nitrogens with one attached hydrogen (secondary N) is 1. The Kier molecular flexibility index (Phi) is 2.50. The Balaban J connectivity index is 2.25. The number of rotatable bonds is 4. The highest BCUT2D eigenvalue weighted by Gasteiger charge is 2.39. The van der Waals surface area contributed by atoms with E-state index in [0.717, 1.165) is 18.8 Å². The second-order valence-corrected chi connectivity index (χ2v) is 3.97. The van der Waals surface area contributed by atoms with E-state index in [1.54, 1.807) is 0 Å². The molecule has 0 atom stereocenters. The fraction of sp³-hybridized carbons (Fsp3) is 0.889. The lowest BCUT2D eigenvalue weighted by molar-refractivity contribution is 0.111. The molecule has 1 aromatic rings. The van der Waals surface area contributed by atoms with E-state index in [1.165, 1.54) is 19.3 Å². The Morgan fingerprint density at radius 1 is 1.50 bits per heavy atom. The molecule has 1 saturated carbocycles. The van der Waals surface area contributed by atoms with Crippen LogP contribution in [0.15, 0.2) is 0 Å². The molecule has 78 valence electrons. The van der Waals surface area contributed by atoms with Gasteiger partial charge in [0.05, 0.1) is 12.1 Å². The van der Waals surface area contributed by atoms with Crippen LogP contribution in [0.4, 0.5) is 0 Å². The van der Waals surface area contributed by atoms with Crippen molar-refractivity contribution in [3.05, 3.63) is 5.82 Å². The van der Waals surface area contributed by atoms with Crippen LogP contribution in [0, 0.1) is 0 Å². The van der Waals surface area contributed by atoms with Crippen LogP contribution in [0.2, 0.25) is 0 Å². The maximum absolute atomic E-state index is 4.12. The van der Waals surface area contributed by atoms with Crippen molar-refractivity contribution in [1.29, 1.82) is 0 Å². The lowest BCUT2D eigenvalue weighted by Gasteiger charge is -2.41. The summed E-state index contributed by atoms with van der Waals surface area (Å²) in [6.07, 6.45) is 4.85. The van der Waals surface area contributed by atoms with E-state index in [9.17, 15) is 0 Å². The van der Waals surface area contributed by atoms with Crippen molar-refractivity contribution < 1.29 is 0 Å². The number of hydrogen-bond acceptors (Lipinski definition) is 4. The summed E-state index contributed by atoms with van der Waals surface area (Å²) < 4.78 is 2.02. The van der Waals surface area contributed by atoms with E-state index in [4.69, 9.17) is 0 Å². The van der Waals surface area contributed by atoms with Crippen LogP contribution in [-0.4, -0.2) is 27.3 Å². The zero-order valence-corrected chi connectivity index (χ0v) is 8.82. The molecule has 1 heterocycles. The van der Waals surface area contributed by atoms with Gasteiger partial charge in [-0.25, -0.2) is 4.68 Å². The molecule has 0 spiro atoms. The molecule has 5 nitrogen and oxygen atoms in total. The van der Waals surface area contributed by atoms with Gasteiger partial charge in [-0.15, -0.1) is 5.10 Å². The Morgan fingerprint density at radius 2 is 2.29 bits per heavy atom. The fourth-order valence-corrected chi connectivity index (χ4v) is 2.14. The SMILES string of the molecule is CCC1(n2nnnc2CNC)CCC1. The van der Waals surface area contributed by atoms with E-state index in [1.807, 2.05) is 11.7 Å². The Bertz CT molecular complexity index is 296. The maximum Gasteiger partial charge on any atom is 0.165 e. The molecule has 1 fully saturated rings. The van der Waals surface area contributed by atoms with Gasteiger partial charge >= 0.3 is 0 Å². The van der Waals surface area contributed by atoms with Crippen molar-refractivity contribution in [2.45, 2.75) is 44.7 Å². The summed E-state index contributed by atoms with van der Waals surface area (Å²) in [4.78, 5) is 0. The van der Waals surface area contributed by atoms with E-state index < -0.39 is 0 Å². The van der Waals surface area contributed by atoms with Crippen LogP contribution >= 0.6 is 0 Å². The molecule has 0 saturated heterocycles. The molecule has 0 aromatic carbocycles. The monoisotopic (exact) mass is 195 g/mol. The van der Waals surface area contributed by atoms with Crippen LogP contribution in [0.25, 0.3) is 0 Å². The summed E-state index contributed by atoms with van der Waals surface area (Å²) in [6.45, 7) is 2.96. The zero-order chi connectivity index (χ0) is 10.0. The Morgan fingerprint density at radius 3 is 2.79 bits per heavy atom. The molecule has 0 aliphatic heterocycles. The third-order valence-corrected chi connectivity index (χ3v) is 3.26. The standard InChI is InChI=1S/C9H17N5/c1-3-9(5-4-6-9)14-8(7-10-2)11-12-13-14/h10H,3-7H2,1-2H3. The molecule has 5 heteroatoms. The van der Waals surface area contributed by atoms with E-state index in [-0.39, 0.29) is 5.54 Å². The number of tetrazole rings is 1. The van der Waals surface area contributed by atoms with Gasteiger partial charge in [0.2, 0.25) is 0 Å². The first-order valence-corrected chi connectivity index (χ1v) is 5.25. The second kappa shape index (κ2) is 3.65. The van der Waals surface area contributed by atoms with Crippen molar-refractivity contribution >= 4 is 0 Å². The molecule has 1 aliphatic carbocycles. The third kappa shape index (κ3) is 1.32. The largest absolute Gasteiger partial charge is 0.313 e. The van der Waals surface area contributed by atoms with Crippen LogP contribution in [0.1, 0.15) is 38.4 Å². The van der Waals surface area contributed by atoms with Gasteiger partial charge in [-0.2, -0.15) is 0 Å². The first-order chi connectivity index (χ1) is 6.82. The molecular formula is C9H17N5. The number of nitrogens with zero attached hydrogens (tertiary/aromatic N) is 4. The molecular weight excluding hydrogens is 178 g/mol. The van der Waals surface area contributed by atoms with Gasteiger partial charge in [0.25, 0.3) is 0 Å². The Labute approximate surface area is 83.9 Å². The highest BCUT2D eigenvalue weighted by molar-refractivity contribution is 4.97. The van der Waals surface area contributed by atoms with Crippen molar-refractivity contribution in [3.63, 3.8) is 0 Å². The van der Waals surface area contributed by atoms with E-state index in [2.05, 4.69) is 27.8 Å². The van der Waals surface area contributed by atoms with Crippen molar-refractivity contribution in [2.24, 2.45) is 0 Å². The molecule has 0 bridgehead atoms. The maximum atomic E-state index is 4.12. The van der Waals surface area contributed by atoms with Crippen LogP contribution in [0.3, 0.4) is 0 Å². The van der Waals surface area contributed by atoms with Gasteiger partial charge < -0.3 is 5.32 Å². The highest BCUT2D eigenvalue weighted by atomic mass is 15.6. The average Bonchev–Trinajstić information content (AvgIpc) is 2.54. The van der Waals surface area contributed by atoms with Crippen LogP contribution in [-0.2, 0) is 12.1 Å². The molecule has 1 aromatic heterocycles. The van der Waals surface area contributed by atoms with Crippen molar-refractivity contribution in [3.8, 4) is 0 Å².